The molecule has 2 fully saturated rings. The number of anilines is 5. The van der Waals surface area contributed by atoms with E-state index in [1.807, 2.05) is 24.3 Å². The summed E-state index contributed by atoms with van der Waals surface area (Å²) in [5.41, 5.74) is 7.11. The van der Waals surface area contributed by atoms with Gasteiger partial charge in [0, 0.05) is 86.7 Å². The minimum Gasteiger partial charge on any atom is -0.392 e. The molecule has 3 aromatic heterocycles. The number of pyridine rings is 1. The molecular weight excluding hydrogens is 685 g/mol. The average Bonchev–Trinajstić information content (AvgIpc) is 3.67. The number of benzene rings is 1. The Hall–Kier alpha value is -5.18. The molecule has 3 aliphatic heterocycles. The summed E-state index contributed by atoms with van der Waals surface area (Å²) in [7, 11) is 0. The molecule has 1 atom stereocenters. The normalized spacial score (nSPS) is 20.1. The Balaban J connectivity index is 1.03. The minimum absolute atomic E-state index is 0.130. The number of aromatic nitrogens is 5. The van der Waals surface area contributed by atoms with E-state index < -0.39 is 0 Å². The highest BCUT2D eigenvalue weighted by molar-refractivity contribution is 6.06. The third kappa shape index (κ3) is 6.85. The largest absolute Gasteiger partial charge is 0.392 e. The van der Waals surface area contributed by atoms with E-state index >= 15 is 0 Å². The van der Waals surface area contributed by atoms with Gasteiger partial charge in [0.2, 0.25) is 11.9 Å². The zero-order valence-electron chi connectivity index (χ0n) is 31.2. The van der Waals surface area contributed by atoms with E-state index in [0.717, 1.165) is 64.2 Å². The molecule has 1 unspecified atom stereocenters. The van der Waals surface area contributed by atoms with Crippen LogP contribution in [-0.4, -0.2) is 98.0 Å². The van der Waals surface area contributed by atoms with E-state index in [9.17, 15) is 14.7 Å². The topological polar surface area (TPSA) is 154 Å². The highest BCUT2D eigenvalue weighted by Gasteiger charge is 2.38. The average molecular weight is 733 g/mol. The summed E-state index contributed by atoms with van der Waals surface area (Å²) in [6, 6.07) is 10.4. The number of nitrogens with one attached hydrogen (secondary N) is 2. The van der Waals surface area contributed by atoms with E-state index in [1.54, 1.807) is 17.2 Å². The second-order valence-corrected chi connectivity index (χ2v) is 15.5. The van der Waals surface area contributed by atoms with Crippen LogP contribution in [0.3, 0.4) is 0 Å². The Labute approximate surface area is 315 Å². The molecule has 6 heterocycles. The van der Waals surface area contributed by atoms with Gasteiger partial charge in [-0.25, -0.2) is 9.97 Å². The molecule has 14 nitrogen and oxygen atoms in total. The van der Waals surface area contributed by atoms with Crippen LogP contribution in [0.1, 0.15) is 60.9 Å². The third-order valence-corrected chi connectivity index (χ3v) is 11.3. The summed E-state index contributed by atoms with van der Waals surface area (Å²) >= 11 is 0. The molecule has 282 valence electrons. The second kappa shape index (κ2) is 14.6. The Morgan fingerprint density at radius 3 is 2.72 bits per heavy atom. The van der Waals surface area contributed by atoms with Crippen molar-refractivity contribution in [3.63, 3.8) is 0 Å². The second-order valence-electron chi connectivity index (χ2n) is 15.5. The summed E-state index contributed by atoms with van der Waals surface area (Å²) in [4.78, 5) is 42.4. The van der Waals surface area contributed by atoms with Gasteiger partial charge in [-0.15, -0.1) is 5.10 Å². The van der Waals surface area contributed by atoms with Gasteiger partial charge in [0.25, 0.3) is 5.91 Å². The van der Waals surface area contributed by atoms with Gasteiger partial charge in [-0.05, 0) is 80.0 Å². The van der Waals surface area contributed by atoms with Gasteiger partial charge in [-0.3, -0.25) is 19.4 Å². The van der Waals surface area contributed by atoms with Gasteiger partial charge in [0.05, 0.1) is 29.9 Å². The van der Waals surface area contributed by atoms with Crippen molar-refractivity contribution < 1.29 is 19.4 Å². The van der Waals surface area contributed by atoms with Crippen LogP contribution in [0.2, 0.25) is 0 Å². The molecule has 0 saturated carbocycles. The van der Waals surface area contributed by atoms with Gasteiger partial charge in [-0.2, -0.15) is 5.10 Å². The highest BCUT2D eigenvalue weighted by Crippen LogP contribution is 2.40. The molecule has 0 bridgehead atoms. The van der Waals surface area contributed by atoms with Crippen molar-refractivity contribution in [2.45, 2.75) is 71.7 Å². The maximum atomic E-state index is 13.9. The number of nitrogens with zero attached hydrogens (tertiary/aromatic N) is 8. The number of fused-ring (bicyclic) bond motifs is 3. The van der Waals surface area contributed by atoms with Crippen LogP contribution in [-0.2, 0) is 35.5 Å². The Morgan fingerprint density at radius 2 is 1.94 bits per heavy atom. The molecule has 0 spiro atoms. The zero-order valence-corrected chi connectivity index (χ0v) is 31.2. The number of aliphatic hydroxyl groups excluding tert-OH is 1. The molecule has 0 radical (unpaired) electrons. The van der Waals surface area contributed by atoms with Crippen LogP contribution >= 0.6 is 0 Å². The lowest BCUT2D eigenvalue weighted by atomic mass is 9.90. The Morgan fingerprint density at radius 1 is 1.11 bits per heavy atom. The van der Waals surface area contributed by atoms with Gasteiger partial charge in [-0.1, -0.05) is 20.4 Å². The standard InChI is InChI=1S/C40H48N10O4/c1-5-36(52)44-31-19-27(6-7-33(31)48-13-12-47(23-25(48)2)28-9-16-54-17-10-28)43-39-45-32(22-42-46-39)29-8-11-41-37(30(29)24-51)50-15-14-49-34(38(50)53)18-26-20-40(3,4)21-35(26)49/h5-8,11,18-19,22,25,28,51H,1,9-10,12-17,20-21,23-24H2,2-4H3,(H,44,52)(H,43,45,46). The maximum absolute atomic E-state index is 13.9. The Bertz CT molecular complexity index is 2090. The highest BCUT2D eigenvalue weighted by atomic mass is 16.5. The minimum atomic E-state index is -0.351. The maximum Gasteiger partial charge on any atom is 0.276 e. The monoisotopic (exact) mass is 732 g/mol. The van der Waals surface area contributed by atoms with Gasteiger partial charge < -0.3 is 29.9 Å². The molecule has 3 N–H and O–H groups in total. The number of piperazine rings is 1. The van der Waals surface area contributed by atoms with Crippen molar-refractivity contribution >= 4 is 40.6 Å². The number of hydrogen-bond acceptors (Lipinski definition) is 11. The molecule has 4 aliphatic rings. The molecule has 1 aromatic carbocycles. The molecule has 2 saturated heterocycles. The van der Waals surface area contributed by atoms with Crippen LogP contribution in [0.4, 0.5) is 28.8 Å². The van der Waals surface area contributed by atoms with E-state index in [4.69, 9.17) is 9.72 Å². The van der Waals surface area contributed by atoms with Crippen LogP contribution in [0, 0.1) is 5.41 Å². The van der Waals surface area contributed by atoms with Crippen molar-refractivity contribution in [2.24, 2.45) is 5.41 Å². The molecule has 4 aromatic rings. The van der Waals surface area contributed by atoms with E-state index in [-0.39, 0.29) is 35.8 Å². The number of carbonyl (C=O) groups is 2. The number of amides is 2. The van der Waals surface area contributed by atoms with E-state index in [0.29, 0.717) is 58.8 Å². The lowest BCUT2D eigenvalue weighted by Gasteiger charge is -2.45. The van der Waals surface area contributed by atoms with Crippen LogP contribution < -0.4 is 20.4 Å². The predicted octanol–water partition coefficient (Wildman–Crippen LogP) is 4.57. The SMILES string of the molecule is C=CC(=O)Nc1cc(Nc2nncc(-c3ccnc(N4CCn5c(cc6c5CC(C)(C)C6)C4=O)c3CO)n2)ccc1N1CCN(C2CCOCC2)CC1C. The third-order valence-electron chi connectivity index (χ3n) is 11.3. The van der Waals surface area contributed by atoms with Crippen LogP contribution in [0.15, 0.2) is 55.4 Å². The fourth-order valence-electron chi connectivity index (χ4n) is 8.71. The van der Waals surface area contributed by atoms with Gasteiger partial charge in [0.15, 0.2) is 0 Å². The first kappa shape index (κ1) is 35.8. The van der Waals surface area contributed by atoms with Crippen molar-refractivity contribution in [3.05, 3.63) is 77.9 Å². The van der Waals surface area contributed by atoms with E-state index in [1.165, 1.54) is 23.5 Å². The smallest absolute Gasteiger partial charge is 0.276 e. The molecular formula is C40H48N10O4. The van der Waals surface area contributed by atoms with Crippen LogP contribution in [0.5, 0.6) is 0 Å². The Kier molecular flexibility index (Phi) is 9.67. The van der Waals surface area contributed by atoms with E-state index in [2.05, 4.69) is 67.5 Å². The van der Waals surface area contributed by atoms with Gasteiger partial charge >= 0.3 is 0 Å². The van der Waals surface area contributed by atoms with Crippen molar-refractivity contribution in [3.8, 4) is 11.3 Å². The molecule has 8 rings (SSSR count). The summed E-state index contributed by atoms with van der Waals surface area (Å²) in [5, 5.41) is 25.4. The number of ether oxygens (including phenoxy) is 1. The van der Waals surface area contributed by atoms with Gasteiger partial charge in [0.1, 0.15) is 11.5 Å². The van der Waals surface area contributed by atoms with Crippen molar-refractivity contribution in [2.75, 3.05) is 59.8 Å². The summed E-state index contributed by atoms with van der Waals surface area (Å²) in [6.07, 6.45) is 8.43. The summed E-state index contributed by atoms with van der Waals surface area (Å²) in [5.74, 6) is 0.197. The number of rotatable bonds is 9. The zero-order chi connectivity index (χ0) is 37.6. The predicted molar refractivity (Wildman–Crippen MR) is 207 cm³/mol. The quantitative estimate of drug-likeness (QED) is 0.208. The molecule has 1 aliphatic carbocycles. The first-order valence-electron chi connectivity index (χ1n) is 18.9. The lowest BCUT2D eigenvalue weighted by molar-refractivity contribution is -0.111. The number of hydrogen-bond donors (Lipinski definition) is 3. The van der Waals surface area contributed by atoms with Crippen molar-refractivity contribution in [1.29, 1.82) is 0 Å². The summed E-state index contributed by atoms with van der Waals surface area (Å²) in [6.45, 7) is 15.5. The fraction of sp³-hybridized carbons (Fsp3) is 0.450. The van der Waals surface area contributed by atoms with Crippen LogP contribution in [0.25, 0.3) is 11.3 Å². The number of aliphatic hydroxyl groups is 1. The molecule has 14 heteroatoms. The number of carbonyl (C=O) groups excluding carboxylic acids is 2. The first-order valence-corrected chi connectivity index (χ1v) is 18.9. The fourth-order valence-corrected chi connectivity index (χ4v) is 8.71. The first-order chi connectivity index (χ1) is 26.1. The van der Waals surface area contributed by atoms with Crippen molar-refractivity contribution in [1.82, 2.24) is 29.6 Å². The lowest BCUT2D eigenvalue weighted by Crippen LogP contribution is -2.56. The summed E-state index contributed by atoms with van der Waals surface area (Å²) < 4.78 is 7.75. The molecule has 2 amide bonds. The molecule has 54 heavy (non-hydrogen) atoms.